The van der Waals surface area contributed by atoms with Crippen molar-refractivity contribution >= 4 is 11.9 Å². The van der Waals surface area contributed by atoms with Crippen molar-refractivity contribution in [3.05, 3.63) is 17.7 Å². The molecule has 0 saturated carbocycles. The maximum atomic E-state index is 12.5. The summed E-state index contributed by atoms with van der Waals surface area (Å²) in [4.78, 5) is 29.8. The summed E-state index contributed by atoms with van der Waals surface area (Å²) < 4.78 is 1.72. The van der Waals surface area contributed by atoms with Crippen LogP contribution in [0.1, 0.15) is 42.4 Å². The Balaban J connectivity index is 2.12. The van der Waals surface area contributed by atoms with Gasteiger partial charge in [-0.05, 0) is 26.2 Å². The van der Waals surface area contributed by atoms with Gasteiger partial charge in [0.2, 0.25) is 0 Å². The molecule has 1 aromatic rings. The minimum atomic E-state index is -0.746. The Kier molecular flexibility index (Phi) is 3.83. The lowest BCUT2D eigenvalue weighted by Gasteiger charge is -2.38. The third-order valence-electron chi connectivity index (χ3n) is 4.46. The molecule has 1 aliphatic rings. The number of hydrogen-bond donors (Lipinski definition) is 1. The van der Waals surface area contributed by atoms with E-state index in [1.54, 1.807) is 22.8 Å². The molecule has 0 unspecified atom stereocenters. The smallest absolute Gasteiger partial charge is 0.309 e. The fourth-order valence-corrected chi connectivity index (χ4v) is 2.86. The number of hydrogen-bond acceptors (Lipinski definition) is 3. The minimum Gasteiger partial charge on any atom is -0.481 e. The fraction of sp³-hybridized carbons (Fsp3) is 0.643. The lowest BCUT2D eigenvalue weighted by Crippen LogP contribution is -2.46. The second kappa shape index (κ2) is 5.26. The predicted octanol–water partition coefficient (Wildman–Crippen LogP) is 1.45. The van der Waals surface area contributed by atoms with Crippen LogP contribution in [0.5, 0.6) is 0 Å². The summed E-state index contributed by atoms with van der Waals surface area (Å²) in [5.41, 5.74) is 0.630. The normalized spacial score (nSPS) is 18.1. The summed E-state index contributed by atoms with van der Waals surface area (Å²) >= 11 is 0. The van der Waals surface area contributed by atoms with Crippen LogP contribution in [0.25, 0.3) is 0 Å². The highest BCUT2D eigenvalue weighted by Crippen LogP contribution is 2.35. The van der Waals surface area contributed by atoms with E-state index < -0.39 is 11.4 Å². The molecule has 110 valence electrons. The van der Waals surface area contributed by atoms with Crippen molar-refractivity contribution in [3.8, 4) is 0 Å². The van der Waals surface area contributed by atoms with Crippen LogP contribution in [0.15, 0.2) is 6.33 Å². The van der Waals surface area contributed by atoms with Crippen LogP contribution in [-0.4, -0.2) is 44.5 Å². The molecule has 1 saturated heterocycles. The van der Waals surface area contributed by atoms with E-state index >= 15 is 0 Å². The van der Waals surface area contributed by atoms with E-state index in [-0.39, 0.29) is 5.91 Å². The molecule has 1 N–H and O–H groups in total. The van der Waals surface area contributed by atoms with Crippen LogP contribution in [0.3, 0.4) is 0 Å². The Morgan fingerprint density at radius 3 is 2.40 bits per heavy atom. The Morgan fingerprint density at radius 2 is 2.00 bits per heavy atom. The van der Waals surface area contributed by atoms with Crippen molar-refractivity contribution in [2.24, 2.45) is 12.5 Å². The number of carboxylic acids is 1. The first-order chi connectivity index (χ1) is 9.41. The lowest BCUT2D eigenvalue weighted by molar-refractivity contribution is -0.152. The summed E-state index contributed by atoms with van der Waals surface area (Å²) in [6.45, 7) is 4.69. The molecule has 0 radical (unpaired) electrons. The number of rotatable bonds is 3. The summed E-state index contributed by atoms with van der Waals surface area (Å²) in [5, 5.41) is 9.37. The largest absolute Gasteiger partial charge is 0.481 e. The Labute approximate surface area is 118 Å². The standard InChI is InChI=1S/C14H21N3O3/c1-4-14(13(19)20)5-7-17(8-6-14)12(18)11-10(2)15-9-16(11)3/h9H,4-8H2,1-3H3,(H,19,20). The van der Waals surface area contributed by atoms with Crippen molar-refractivity contribution < 1.29 is 14.7 Å². The monoisotopic (exact) mass is 279 g/mol. The molecule has 20 heavy (non-hydrogen) atoms. The van der Waals surface area contributed by atoms with E-state index in [1.807, 2.05) is 13.8 Å². The number of aliphatic carboxylic acids is 1. The quantitative estimate of drug-likeness (QED) is 0.908. The molecule has 2 rings (SSSR count). The Bertz CT molecular complexity index is 508. The van der Waals surface area contributed by atoms with Gasteiger partial charge in [0.25, 0.3) is 5.91 Å². The summed E-state index contributed by atoms with van der Waals surface area (Å²) in [7, 11) is 1.80. The molecule has 1 aliphatic heterocycles. The van der Waals surface area contributed by atoms with Crippen LogP contribution < -0.4 is 0 Å². The molecular formula is C14H21N3O3. The molecule has 1 aromatic heterocycles. The van der Waals surface area contributed by atoms with Gasteiger partial charge >= 0.3 is 5.97 Å². The SMILES string of the molecule is CCC1(C(=O)O)CCN(C(=O)c2c(C)ncn2C)CC1. The number of likely N-dealkylation sites (tertiary alicyclic amines) is 1. The van der Waals surface area contributed by atoms with Crippen LogP contribution in [0, 0.1) is 12.3 Å². The average Bonchev–Trinajstić information content (AvgIpc) is 2.77. The topological polar surface area (TPSA) is 75.4 Å². The zero-order chi connectivity index (χ0) is 14.9. The maximum absolute atomic E-state index is 12.5. The summed E-state index contributed by atoms with van der Waals surface area (Å²) in [5.74, 6) is -0.804. The molecule has 0 aromatic carbocycles. The minimum absolute atomic E-state index is 0.0578. The summed E-state index contributed by atoms with van der Waals surface area (Å²) in [6, 6.07) is 0. The van der Waals surface area contributed by atoms with E-state index in [1.165, 1.54) is 0 Å². The number of carbonyl (C=O) groups excluding carboxylic acids is 1. The zero-order valence-electron chi connectivity index (χ0n) is 12.2. The van der Waals surface area contributed by atoms with Crippen molar-refractivity contribution in [2.45, 2.75) is 33.1 Å². The second-order valence-corrected chi connectivity index (χ2v) is 5.52. The highest BCUT2D eigenvalue weighted by Gasteiger charge is 2.41. The van der Waals surface area contributed by atoms with Gasteiger partial charge in [-0.15, -0.1) is 0 Å². The van der Waals surface area contributed by atoms with Crippen molar-refractivity contribution in [1.29, 1.82) is 0 Å². The molecule has 6 nitrogen and oxygen atoms in total. The first-order valence-electron chi connectivity index (χ1n) is 6.92. The molecule has 0 atom stereocenters. The molecule has 0 aliphatic carbocycles. The first kappa shape index (κ1) is 14.6. The van der Waals surface area contributed by atoms with Crippen LogP contribution >= 0.6 is 0 Å². The van der Waals surface area contributed by atoms with Gasteiger partial charge < -0.3 is 14.6 Å². The third-order valence-corrected chi connectivity index (χ3v) is 4.46. The maximum Gasteiger partial charge on any atom is 0.309 e. The number of carboxylic acid groups (broad SMARTS) is 1. The highest BCUT2D eigenvalue weighted by atomic mass is 16.4. The van der Waals surface area contributed by atoms with Crippen molar-refractivity contribution in [1.82, 2.24) is 14.5 Å². The number of carbonyl (C=O) groups is 2. The Morgan fingerprint density at radius 1 is 1.40 bits per heavy atom. The van der Waals surface area contributed by atoms with Gasteiger partial charge in [-0.2, -0.15) is 0 Å². The van der Waals surface area contributed by atoms with Gasteiger partial charge in [-0.3, -0.25) is 9.59 Å². The van der Waals surface area contributed by atoms with Crippen LogP contribution in [0.2, 0.25) is 0 Å². The fourth-order valence-electron chi connectivity index (χ4n) is 2.86. The number of imidazole rings is 1. The highest BCUT2D eigenvalue weighted by molar-refractivity contribution is 5.94. The Hall–Kier alpha value is -1.85. The lowest BCUT2D eigenvalue weighted by atomic mass is 9.76. The second-order valence-electron chi connectivity index (χ2n) is 5.52. The third kappa shape index (κ3) is 2.30. The van der Waals surface area contributed by atoms with E-state index in [0.29, 0.717) is 43.7 Å². The molecule has 2 heterocycles. The molecule has 6 heteroatoms. The van der Waals surface area contributed by atoms with E-state index in [0.717, 1.165) is 0 Å². The molecule has 1 fully saturated rings. The zero-order valence-corrected chi connectivity index (χ0v) is 12.2. The van der Waals surface area contributed by atoms with Gasteiger partial charge in [0.05, 0.1) is 17.4 Å². The van der Waals surface area contributed by atoms with Crippen molar-refractivity contribution in [3.63, 3.8) is 0 Å². The number of amides is 1. The van der Waals surface area contributed by atoms with Gasteiger partial charge in [0.1, 0.15) is 5.69 Å². The molecule has 0 spiro atoms. The van der Waals surface area contributed by atoms with E-state index in [9.17, 15) is 14.7 Å². The number of aromatic nitrogens is 2. The number of aryl methyl sites for hydroxylation is 2. The van der Waals surface area contributed by atoms with Crippen LogP contribution in [0.4, 0.5) is 0 Å². The van der Waals surface area contributed by atoms with Crippen LogP contribution in [-0.2, 0) is 11.8 Å². The van der Waals surface area contributed by atoms with Gasteiger partial charge in [0.15, 0.2) is 0 Å². The number of nitrogens with zero attached hydrogens (tertiary/aromatic N) is 3. The molecular weight excluding hydrogens is 258 g/mol. The van der Waals surface area contributed by atoms with E-state index in [2.05, 4.69) is 4.98 Å². The van der Waals surface area contributed by atoms with Gasteiger partial charge in [-0.1, -0.05) is 6.92 Å². The van der Waals surface area contributed by atoms with Gasteiger partial charge in [-0.25, -0.2) is 4.98 Å². The van der Waals surface area contributed by atoms with Crippen molar-refractivity contribution in [2.75, 3.05) is 13.1 Å². The number of piperidine rings is 1. The predicted molar refractivity (Wildman–Crippen MR) is 73.4 cm³/mol. The molecule has 0 bridgehead atoms. The van der Waals surface area contributed by atoms with E-state index in [4.69, 9.17) is 0 Å². The first-order valence-corrected chi connectivity index (χ1v) is 6.92. The van der Waals surface area contributed by atoms with Gasteiger partial charge in [0, 0.05) is 20.1 Å². The summed E-state index contributed by atoms with van der Waals surface area (Å²) in [6.07, 6.45) is 3.26. The average molecular weight is 279 g/mol. The molecule has 1 amide bonds.